The van der Waals surface area contributed by atoms with Crippen molar-refractivity contribution in [3.63, 3.8) is 0 Å². The van der Waals surface area contributed by atoms with Crippen molar-refractivity contribution in [3.8, 4) is 6.07 Å². The summed E-state index contributed by atoms with van der Waals surface area (Å²) in [5, 5.41) is 16.6. The first-order chi connectivity index (χ1) is 14.6. The molecule has 1 N–H and O–H groups in total. The van der Waals surface area contributed by atoms with Crippen LogP contribution in [0.4, 0.5) is 0 Å². The second kappa shape index (κ2) is 10.4. The number of nitrogens with one attached hydrogen (secondary N) is 1. The second-order valence-electron chi connectivity index (χ2n) is 7.50. The van der Waals surface area contributed by atoms with E-state index in [9.17, 15) is 4.79 Å². The molecule has 30 heavy (non-hydrogen) atoms. The molecule has 1 heterocycles. The summed E-state index contributed by atoms with van der Waals surface area (Å²) in [7, 11) is 0. The van der Waals surface area contributed by atoms with E-state index in [0.717, 1.165) is 28.9 Å². The standard InChI is InChI=1S/C25H28N4O/c1-19-23(20(2)29(28-19)17-9-16-26)14-15-25(30)27-24(22-12-7-4-8-13-22)18-21-10-5-3-6-11-21/h3-8,10-13,24H,9,14-15,17-18H2,1-2H3,(H,27,30). The molecule has 0 aliphatic carbocycles. The van der Waals surface area contributed by atoms with Crippen LogP contribution in [0, 0.1) is 25.2 Å². The molecule has 1 aromatic heterocycles. The van der Waals surface area contributed by atoms with Gasteiger partial charge in [0.25, 0.3) is 0 Å². The van der Waals surface area contributed by atoms with Gasteiger partial charge >= 0.3 is 0 Å². The number of hydrogen-bond donors (Lipinski definition) is 1. The van der Waals surface area contributed by atoms with Crippen molar-refractivity contribution in [2.75, 3.05) is 0 Å². The maximum Gasteiger partial charge on any atom is 0.220 e. The zero-order valence-corrected chi connectivity index (χ0v) is 17.6. The Hall–Kier alpha value is -3.39. The van der Waals surface area contributed by atoms with Crippen LogP contribution in [-0.4, -0.2) is 15.7 Å². The number of carbonyl (C=O) groups is 1. The molecule has 1 unspecified atom stereocenters. The number of nitriles is 1. The molecule has 0 spiro atoms. The van der Waals surface area contributed by atoms with E-state index in [1.807, 2.05) is 54.9 Å². The summed E-state index contributed by atoms with van der Waals surface area (Å²) in [4.78, 5) is 12.8. The average Bonchev–Trinajstić information content (AvgIpc) is 3.04. The van der Waals surface area contributed by atoms with Gasteiger partial charge in [-0.05, 0) is 43.4 Å². The summed E-state index contributed by atoms with van der Waals surface area (Å²) in [5.41, 5.74) is 5.37. The van der Waals surface area contributed by atoms with Gasteiger partial charge in [0.05, 0.1) is 30.8 Å². The number of rotatable bonds is 9. The Labute approximate surface area is 178 Å². The SMILES string of the molecule is Cc1nn(CCC#N)c(C)c1CCC(=O)NC(Cc1ccccc1)c1ccccc1. The fourth-order valence-electron chi connectivity index (χ4n) is 3.76. The first-order valence-corrected chi connectivity index (χ1v) is 10.4. The summed E-state index contributed by atoms with van der Waals surface area (Å²) in [6.45, 7) is 4.56. The molecule has 5 heteroatoms. The smallest absolute Gasteiger partial charge is 0.220 e. The Morgan fingerprint density at radius 1 is 1.10 bits per heavy atom. The summed E-state index contributed by atoms with van der Waals surface area (Å²) < 4.78 is 1.87. The third-order valence-electron chi connectivity index (χ3n) is 5.39. The van der Waals surface area contributed by atoms with Gasteiger partial charge in [0, 0.05) is 12.1 Å². The van der Waals surface area contributed by atoms with Crippen LogP contribution in [0.3, 0.4) is 0 Å². The zero-order chi connectivity index (χ0) is 21.3. The minimum Gasteiger partial charge on any atom is -0.349 e. The maximum atomic E-state index is 12.8. The Kier molecular flexibility index (Phi) is 7.40. The molecule has 1 amide bonds. The highest BCUT2D eigenvalue weighted by atomic mass is 16.1. The molecule has 0 bridgehead atoms. The number of aryl methyl sites for hydroxylation is 2. The highest BCUT2D eigenvalue weighted by Crippen LogP contribution is 2.20. The maximum absolute atomic E-state index is 12.8. The molecular weight excluding hydrogens is 372 g/mol. The van der Waals surface area contributed by atoms with E-state index >= 15 is 0 Å². The topological polar surface area (TPSA) is 70.7 Å². The normalized spacial score (nSPS) is 11.6. The lowest BCUT2D eigenvalue weighted by molar-refractivity contribution is -0.121. The quantitative estimate of drug-likeness (QED) is 0.577. The molecule has 0 radical (unpaired) electrons. The van der Waals surface area contributed by atoms with Crippen LogP contribution in [0.15, 0.2) is 60.7 Å². The number of carbonyl (C=O) groups excluding carboxylic acids is 1. The van der Waals surface area contributed by atoms with Gasteiger partial charge in [-0.15, -0.1) is 0 Å². The first kappa shape index (κ1) is 21.3. The van der Waals surface area contributed by atoms with Crippen molar-refractivity contribution in [1.82, 2.24) is 15.1 Å². The van der Waals surface area contributed by atoms with Crippen LogP contribution in [0.2, 0.25) is 0 Å². The van der Waals surface area contributed by atoms with Gasteiger partial charge in [0.2, 0.25) is 5.91 Å². The van der Waals surface area contributed by atoms with Gasteiger partial charge in [-0.25, -0.2) is 0 Å². The molecule has 0 saturated carbocycles. The average molecular weight is 401 g/mol. The molecule has 3 aromatic rings. The lowest BCUT2D eigenvalue weighted by Crippen LogP contribution is -2.30. The van der Waals surface area contributed by atoms with E-state index in [-0.39, 0.29) is 11.9 Å². The van der Waals surface area contributed by atoms with Crippen molar-refractivity contribution < 1.29 is 4.79 Å². The summed E-state index contributed by atoms with van der Waals surface area (Å²) in [5.74, 6) is 0.0309. The second-order valence-corrected chi connectivity index (χ2v) is 7.50. The van der Waals surface area contributed by atoms with Gasteiger partial charge in [0.1, 0.15) is 0 Å². The monoisotopic (exact) mass is 400 g/mol. The molecule has 2 aromatic carbocycles. The predicted molar refractivity (Wildman–Crippen MR) is 118 cm³/mol. The Morgan fingerprint density at radius 3 is 2.43 bits per heavy atom. The Bertz CT molecular complexity index is 1000. The van der Waals surface area contributed by atoms with E-state index in [2.05, 4.69) is 40.8 Å². The highest BCUT2D eigenvalue weighted by molar-refractivity contribution is 5.76. The van der Waals surface area contributed by atoms with Crippen LogP contribution < -0.4 is 5.32 Å². The van der Waals surface area contributed by atoms with Gasteiger partial charge in [-0.1, -0.05) is 60.7 Å². The Morgan fingerprint density at radius 2 is 1.77 bits per heavy atom. The van der Waals surface area contributed by atoms with E-state index in [1.165, 1.54) is 5.56 Å². The molecule has 0 saturated heterocycles. The molecule has 5 nitrogen and oxygen atoms in total. The van der Waals surface area contributed by atoms with Crippen molar-refractivity contribution in [2.45, 2.75) is 52.1 Å². The lowest BCUT2D eigenvalue weighted by atomic mass is 9.98. The Balaban J connectivity index is 1.66. The third kappa shape index (κ3) is 5.57. The number of nitrogens with zero attached hydrogens (tertiary/aromatic N) is 3. The highest BCUT2D eigenvalue weighted by Gasteiger charge is 2.17. The van der Waals surface area contributed by atoms with Gasteiger partial charge in [-0.2, -0.15) is 10.4 Å². The molecule has 0 aliphatic heterocycles. The minimum atomic E-state index is -0.0679. The largest absolute Gasteiger partial charge is 0.349 e. The zero-order valence-electron chi connectivity index (χ0n) is 17.6. The minimum absolute atomic E-state index is 0.0309. The fraction of sp³-hybridized carbons (Fsp3) is 0.320. The van der Waals surface area contributed by atoms with Crippen molar-refractivity contribution in [2.24, 2.45) is 0 Å². The van der Waals surface area contributed by atoms with E-state index in [0.29, 0.717) is 25.8 Å². The summed E-state index contributed by atoms with van der Waals surface area (Å²) in [6, 6.07) is 22.4. The van der Waals surface area contributed by atoms with E-state index < -0.39 is 0 Å². The number of benzene rings is 2. The molecule has 154 valence electrons. The molecule has 3 rings (SSSR count). The molecular formula is C25H28N4O. The van der Waals surface area contributed by atoms with Crippen LogP contribution in [0.5, 0.6) is 0 Å². The van der Waals surface area contributed by atoms with Crippen LogP contribution >= 0.6 is 0 Å². The number of hydrogen-bond acceptors (Lipinski definition) is 3. The summed E-state index contributed by atoms with van der Waals surface area (Å²) >= 11 is 0. The van der Waals surface area contributed by atoms with Crippen molar-refractivity contribution in [1.29, 1.82) is 5.26 Å². The molecule has 0 aliphatic rings. The molecule has 0 fully saturated rings. The van der Waals surface area contributed by atoms with Gasteiger partial charge in [-0.3, -0.25) is 9.48 Å². The van der Waals surface area contributed by atoms with Gasteiger partial charge < -0.3 is 5.32 Å². The van der Waals surface area contributed by atoms with E-state index in [4.69, 9.17) is 5.26 Å². The number of amides is 1. The van der Waals surface area contributed by atoms with Crippen LogP contribution in [0.1, 0.15) is 47.0 Å². The number of aromatic nitrogens is 2. The molecule has 1 atom stereocenters. The van der Waals surface area contributed by atoms with Gasteiger partial charge in [0.15, 0.2) is 0 Å². The lowest BCUT2D eigenvalue weighted by Gasteiger charge is -2.19. The summed E-state index contributed by atoms with van der Waals surface area (Å²) in [6.07, 6.45) is 2.23. The van der Waals surface area contributed by atoms with E-state index in [1.54, 1.807) is 0 Å². The van der Waals surface area contributed by atoms with Crippen molar-refractivity contribution in [3.05, 3.63) is 88.7 Å². The first-order valence-electron chi connectivity index (χ1n) is 10.4. The van der Waals surface area contributed by atoms with Crippen molar-refractivity contribution >= 4 is 5.91 Å². The van der Waals surface area contributed by atoms with Crippen LogP contribution in [0.25, 0.3) is 0 Å². The third-order valence-corrected chi connectivity index (χ3v) is 5.39. The predicted octanol–water partition coefficient (Wildman–Crippen LogP) is 4.45. The van der Waals surface area contributed by atoms with Crippen LogP contribution in [-0.2, 0) is 24.2 Å². The fourth-order valence-corrected chi connectivity index (χ4v) is 3.76.